The topological polar surface area (TPSA) is 78.9 Å². The molecule has 0 N–H and O–H groups in total. The molecule has 1 atom stereocenters. The lowest BCUT2D eigenvalue weighted by atomic mass is 10.1. The Hall–Kier alpha value is -5.49. The molecule has 83 heavy (non-hydrogen) atoms. The highest BCUT2D eigenvalue weighted by molar-refractivity contribution is 5.71. The van der Waals surface area contributed by atoms with Gasteiger partial charge in [0.15, 0.2) is 6.10 Å². The number of hydrogen-bond acceptors (Lipinski definition) is 6. The standard InChI is InChI=1S/C77H120O6/c1-4-7-10-13-16-19-22-25-27-29-31-33-35-37-38-40-41-43-45-47-49-52-55-58-61-64-67-70-76(79)82-73-74(72-81-75(78)69-66-63-60-57-54-51-24-21-18-15-12-9-6-3)83-77(80)71-68-65-62-59-56-53-50-48-46-44-42-39-36-34-32-30-28-26-23-20-17-14-11-8-5-2/h7-8,10-11,16-17,19-21,24-28,31-34,37-39,41-43,46-49,53,56,74H,4-6,9,12-15,18,22-23,29-30,35-36,40,44-45,50-52,54-55,57-73H2,1-3H3/b10-7-,11-8-,19-16-,20-17-,24-21-,27-25-,28-26-,33-31-,34-32-,38-37-,42-39-,43-41-,48-46-,49-47-,56-53-. The molecule has 6 nitrogen and oxygen atoms in total. The van der Waals surface area contributed by atoms with Crippen molar-refractivity contribution in [2.75, 3.05) is 13.2 Å². The Kier molecular flexibility index (Phi) is 64.4. The summed E-state index contributed by atoms with van der Waals surface area (Å²) in [7, 11) is 0. The summed E-state index contributed by atoms with van der Waals surface area (Å²) >= 11 is 0. The first-order chi connectivity index (χ1) is 41.0. The van der Waals surface area contributed by atoms with Gasteiger partial charge in [0, 0.05) is 19.3 Å². The van der Waals surface area contributed by atoms with E-state index < -0.39 is 6.10 Å². The van der Waals surface area contributed by atoms with Crippen LogP contribution in [0.25, 0.3) is 0 Å². The molecular formula is C77H120O6. The van der Waals surface area contributed by atoms with Gasteiger partial charge in [0.25, 0.3) is 0 Å². The van der Waals surface area contributed by atoms with Crippen LogP contribution < -0.4 is 0 Å². The molecule has 1 unspecified atom stereocenters. The Labute approximate surface area is 510 Å². The molecule has 0 spiro atoms. The third kappa shape index (κ3) is 67.2. The van der Waals surface area contributed by atoms with E-state index in [4.69, 9.17) is 14.2 Å². The molecule has 0 saturated carbocycles. The van der Waals surface area contributed by atoms with Crippen LogP contribution in [0.4, 0.5) is 0 Å². The molecule has 0 aromatic rings. The lowest BCUT2D eigenvalue weighted by Crippen LogP contribution is -2.30. The largest absolute Gasteiger partial charge is 0.462 e. The smallest absolute Gasteiger partial charge is 0.306 e. The van der Waals surface area contributed by atoms with Crippen LogP contribution >= 0.6 is 0 Å². The minimum Gasteiger partial charge on any atom is -0.462 e. The Balaban J connectivity index is 4.49. The van der Waals surface area contributed by atoms with E-state index in [1.54, 1.807) is 0 Å². The van der Waals surface area contributed by atoms with Gasteiger partial charge in [-0.1, -0.05) is 267 Å². The molecule has 0 saturated heterocycles. The Morgan fingerprint density at radius 3 is 0.759 bits per heavy atom. The van der Waals surface area contributed by atoms with Gasteiger partial charge < -0.3 is 14.2 Å². The number of rotatable bonds is 58. The van der Waals surface area contributed by atoms with E-state index in [1.165, 1.54) is 38.5 Å². The highest BCUT2D eigenvalue weighted by Gasteiger charge is 2.19. The van der Waals surface area contributed by atoms with Crippen LogP contribution in [0.3, 0.4) is 0 Å². The minimum atomic E-state index is -0.820. The van der Waals surface area contributed by atoms with Gasteiger partial charge in [-0.3, -0.25) is 14.4 Å². The summed E-state index contributed by atoms with van der Waals surface area (Å²) in [5.41, 5.74) is 0. The molecule has 0 radical (unpaired) electrons. The average molecular weight is 1140 g/mol. The van der Waals surface area contributed by atoms with E-state index in [1.807, 2.05) is 0 Å². The van der Waals surface area contributed by atoms with Crippen molar-refractivity contribution in [3.05, 3.63) is 182 Å². The number of allylic oxidation sites excluding steroid dienone is 30. The molecular weight excluding hydrogens is 1020 g/mol. The number of ether oxygens (including phenoxy) is 3. The number of unbranched alkanes of at least 4 members (excludes halogenated alkanes) is 17. The summed E-state index contributed by atoms with van der Waals surface area (Å²) in [5, 5.41) is 0. The molecule has 464 valence electrons. The normalized spacial score (nSPS) is 13.3. The Morgan fingerprint density at radius 2 is 0.470 bits per heavy atom. The van der Waals surface area contributed by atoms with Gasteiger partial charge in [-0.25, -0.2) is 0 Å². The summed E-state index contributed by atoms with van der Waals surface area (Å²) < 4.78 is 16.9. The van der Waals surface area contributed by atoms with Crippen LogP contribution in [0.5, 0.6) is 0 Å². The second-order valence-corrected chi connectivity index (χ2v) is 21.3. The van der Waals surface area contributed by atoms with Gasteiger partial charge in [-0.2, -0.15) is 0 Å². The molecule has 0 aromatic heterocycles. The fourth-order valence-electron chi connectivity index (χ4n) is 8.46. The molecule has 0 rings (SSSR count). The maximum absolute atomic E-state index is 12.9. The van der Waals surface area contributed by atoms with Crippen LogP contribution in [-0.4, -0.2) is 37.2 Å². The van der Waals surface area contributed by atoms with Gasteiger partial charge >= 0.3 is 17.9 Å². The van der Waals surface area contributed by atoms with Crippen molar-refractivity contribution in [1.82, 2.24) is 0 Å². The zero-order chi connectivity index (χ0) is 59.9. The maximum Gasteiger partial charge on any atom is 0.306 e. The fraction of sp³-hybridized carbons (Fsp3) is 0.571. The monoisotopic (exact) mass is 1140 g/mol. The van der Waals surface area contributed by atoms with Gasteiger partial charge in [0.1, 0.15) is 13.2 Å². The summed E-state index contributed by atoms with van der Waals surface area (Å²) in [6, 6.07) is 0. The van der Waals surface area contributed by atoms with Crippen molar-refractivity contribution in [3.63, 3.8) is 0 Å². The van der Waals surface area contributed by atoms with E-state index >= 15 is 0 Å². The van der Waals surface area contributed by atoms with Crippen molar-refractivity contribution in [3.8, 4) is 0 Å². The van der Waals surface area contributed by atoms with E-state index in [-0.39, 0.29) is 37.5 Å². The average Bonchev–Trinajstić information content (AvgIpc) is 3.49. The lowest BCUT2D eigenvalue weighted by Gasteiger charge is -2.18. The number of carbonyl (C=O) groups excluding carboxylic acids is 3. The van der Waals surface area contributed by atoms with E-state index in [0.29, 0.717) is 19.3 Å². The highest BCUT2D eigenvalue weighted by atomic mass is 16.6. The first-order valence-electron chi connectivity index (χ1n) is 33.3. The van der Waals surface area contributed by atoms with Crippen LogP contribution in [0.15, 0.2) is 182 Å². The Bertz CT molecular complexity index is 1940. The number of hydrogen-bond donors (Lipinski definition) is 0. The van der Waals surface area contributed by atoms with Gasteiger partial charge in [0.05, 0.1) is 0 Å². The molecule has 0 aliphatic heterocycles. The molecule has 0 fully saturated rings. The number of carbonyl (C=O) groups is 3. The van der Waals surface area contributed by atoms with E-state index in [0.717, 1.165) is 180 Å². The van der Waals surface area contributed by atoms with Crippen molar-refractivity contribution < 1.29 is 28.6 Å². The highest BCUT2D eigenvalue weighted by Crippen LogP contribution is 2.13. The van der Waals surface area contributed by atoms with Crippen LogP contribution in [0.2, 0.25) is 0 Å². The van der Waals surface area contributed by atoms with Crippen molar-refractivity contribution in [2.24, 2.45) is 0 Å². The van der Waals surface area contributed by atoms with Crippen molar-refractivity contribution in [1.29, 1.82) is 0 Å². The van der Waals surface area contributed by atoms with Gasteiger partial charge in [-0.15, -0.1) is 0 Å². The first kappa shape index (κ1) is 77.5. The van der Waals surface area contributed by atoms with Gasteiger partial charge in [0.2, 0.25) is 0 Å². The van der Waals surface area contributed by atoms with Gasteiger partial charge in [-0.05, 0) is 161 Å². The quantitative estimate of drug-likeness (QED) is 0.0261. The lowest BCUT2D eigenvalue weighted by molar-refractivity contribution is -0.167. The molecule has 0 heterocycles. The molecule has 6 heteroatoms. The summed E-state index contributed by atoms with van der Waals surface area (Å²) in [6.07, 6.45) is 103. The molecule has 0 aliphatic rings. The van der Waals surface area contributed by atoms with Crippen molar-refractivity contribution >= 4 is 17.9 Å². The summed E-state index contributed by atoms with van der Waals surface area (Å²) in [6.45, 7) is 6.34. The van der Waals surface area contributed by atoms with E-state index in [2.05, 4.69) is 203 Å². The summed E-state index contributed by atoms with van der Waals surface area (Å²) in [4.78, 5) is 38.4. The predicted octanol–water partition coefficient (Wildman–Crippen LogP) is 23.2. The predicted molar refractivity (Wildman–Crippen MR) is 361 cm³/mol. The van der Waals surface area contributed by atoms with Crippen LogP contribution in [0, 0.1) is 0 Å². The second kappa shape index (κ2) is 69.0. The zero-order valence-corrected chi connectivity index (χ0v) is 53.1. The van der Waals surface area contributed by atoms with Crippen LogP contribution in [0.1, 0.15) is 265 Å². The third-order valence-electron chi connectivity index (χ3n) is 13.4. The molecule has 0 aromatic carbocycles. The second-order valence-electron chi connectivity index (χ2n) is 21.3. The van der Waals surface area contributed by atoms with Crippen LogP contribution in [-0.2, 0) is 28.6 Å². The zero-order valence-electron chi connectivity index (χ0n) is 53.1. The summed E-state index contributed by atoms with van der Waals surface area (Å²) in [5.74, 6) is -0.978. The fourth-order valence-corrected chi connectivity index (χ4v) is 8.46. The molecule has 0 amide bonds. The maximum atomic E-state index is 12.9. The third-order valence-corrected chi connectivity index (χ3v) is 13.4. The van der Waals surface area contributed by atoms with E-state index in [9.17, 15) is 14.4 Å². The molecule has 0 bridgehead atoms. The minimum absolute atomic E-state index is 0.111. The SMILES string of the molecule is CC/C=C\C/C=C\C/C=C\C/C=C\C/C=C\C/C=C\C/C=C\CCCCCCCC(=O)OCC(COC(=O)CCCCCCC/C=C\CCCCCC)OC(=O)CCCCC/C=C\C/C=C\C/C=C\C/C=C\C/C=C\C/C=C\C/C=C\CC. The van der Waals surface area contributed by atoms with Crippen molar-refractivity contribution in [2.45, 2.75) is 271 Å². The first-order valence-corrected chi connectivity index (χ1v) is 33.3. The Morgan fingerprint density at radius 1 is 0.253 bits per heavy atom. The number of esters is 3. The molecule has 0 aliphatic carbocycles.